The zero-order valence-corrected chi connectivity index (χ0v) is 13.4. The van der Waals surface area contributed by atoms with Crippen molar-refractivity contribution in [2.45, 2.75) is 32.4 Å². The van der Waals surface area contributed by atoms with Gasteiger partial charge in [0.25, 0.3) is 0 Å². The van der Waals surface area contributed by atoms with Crippen LogP contribution in [0.25, 0.3) is 0 Å². The molecule has 0 radical (unpaired) electrons. The molecule has 0 spiro atoms. The van der Waals surface area contributed by atoms with Gasteiger partial charge in [-0.25, -0.2) is 18.4 Å². The molecular formula is C11H18BrN3O2S. The molecule has 0 saturated heterocycles. The summed E-state index contributed by atoms with van der Waals surface area (Å²) in [6, 6.07) is 0. The number of sulfone groups is 1. The zero-order valence-electron chi connectivity index (χ0n) is 11.0. The van der Waals surface area contributed by atoms with Crippen LogP contribution in [-0.4, -0.2) is 31.2 Å². The van der Waals surface area contributed by atoms with E-state index in [1.54, 1.807) is 6.92 Å². The average Bonchev–Trinajstić information content (AvgIpc) is 2.30. The summed E-state index contributed by atoms with van der Waals surface area (Å²) in [4.78, 5) is 8.61. The number of hydrogen-bond donors (Lipinski definition) is 1. The number of aromatic nitrogens is 2. The standard InChI is InChI=1S/C11H18BrN3O2S/c1-5-8-9(12)11(13-6-2)15-10(14-8)7(3)18(4,16)17/h7H,5-6H2,1-4H3,(H,13,14,15). The first-order chi connectivity index (χ1) is 8.31. The normalized spacial score (nSPS) is 13.4. The minimum Gasteiger partial charge on any atom is -0.369 e. The predicted molar refractivity (Wildman–Crippen MR) is 76.5 cm³/mol. The Bertz CT molecular complexity index is 531. The van der Waals surface area contributed by atoms with E-state index in [4.69, 9.17) is 0 Å². The van der Waals surface area contributed by atoms with E-state index in [2.05, 4.69) is 31.2 Å². The molecule has 1 aromatic rings. The van der Waals surface area contributed by atoms with Crippen molar-refractivity contribution in [3.8, 4) is 0 Å². The maximum atomic E-state index is 11.6. The van der Waals surface area contributed by atoms with Gasteiger partial charge in [-0.15, -0.1) is 0 Å². The Balaban J connectivity index is 3.34. The van der Waals surface area contributed by atoms with Gasteiger partial charge in [0, 0.05) is 12.8 Å². The van der Waals surface area contributed by atoms with E-state index in [1.807, 2.05) is 13.8 Å². The van der Waals surface area contributed by atoms with E-state index in [1.165, 1.54) is 6.26 Å². The van der Waals surface area contributed by atoms with Crippen molar-refractivity contribution in [2.75, 3.05) is 18.1 Å². The third kappa shape index (κ3) is 3.41. The van der Waals surface area contributed by atoms with Gasteiger partial charge in [0.05, 0.1) is 10.2 Å². The summed E-state index contributed by atoms with van der Waals surface area (Å²) < 4.78 is 23.9. The molecule has 0 aliphatic carbocycles. The Kier molecular flexibility index (Phi) is 5.10. The van der Waals surface area contributed by atoms with Gasteiger partial charge in [0.2, 0.25) is 0 Å². The molecule has 1 rings (SSSR count). The van der Waals surface area contributed by atoms with Gasteiger partial charge in [-0.05, 0) is 36.2 Å². The Morgan fingerprint density at radius 3 is 2.39 bits per heavy atom. The van der Waals surface area contributed by atoms with E-state index < -0.39 is 15.1 Å². The second-order valence-electron chi connectivity index (χ2n) is 4.05. The number of anilines is 1. The van der Waals surface area contributed by atoms with Crippen LogP contribution in [-0.2, 0) is 16.3 Å². The summed E-state index contributed by atoms with van der Waals surface area (Å²) in [5, 5.41) is 2.40. The topological polar surface area (TPSA) is 72.0 Å². The molecule has 0 aliphatic rings. The summed E-state index contributed by atoms with van der Waals surface area (Å²) in [6.45, 7) is 6.25. The number of aryl methyl sites for hydroxylation is 1. The van der Waals surface area contributed by atoms with Gasteiger partial charge in [0.15, 0.2) is 9.84 Å². The monoisotopic (exact) mass is 335 g/mol. The highest BCUT2D eigenvalue weighted by Crippen LogP contribution is 2.27. The molecule has 102 valence electrons. The second-order valence-corrected chi connectivity index (χ2v) is 7.21. The van der Waals surface area contributed by atoms with Crippen molar-refractivity contribution < 1.29 is 8.42 Å². The number of halogens is 1. The fourth-order valence-electron chi connectivity index (χ4n) is 1.40. The molecule has 0 fully saturated rings. The molecule has 0 amide bonds. The van der Waals surface area contributed by atoms with E-state index in [0.29, 0.717) is 24.6 Å². The van der Waals surface area contributed by atoms with Crippen LogP contribution < -0.4 is 5.32 Å². The van der Waals surface area contributed by atoms with Gasteiger partial charge in [-0.1, -0.05) is 6.92 Å². The van der Waals surface area contributed by atoms with Crippen LogP contribution >= 0.6 is 15.9 Å². The van der Waals surface area contributed by atoms with E-state index >= 15 is 0 Å². The number of rotatable bonds is 5. The van der Waals surface area contributed by atoms with Crippen LogP contribution in [0.5, 0.6) is 0 Å². The van der Waals surface area contributed by atoms with Crippen LogP contribution in [0, 0.1) is 0 Å². The predicted octanol–water partition coefficient (Wildman–Crippen LogP) is 2.34. The van der Waals surface area contributed by atoms with Crippen LogP contribution in [0.2, 0.25) is 0 Å². The van der Waals surface area contributed by atoms with Crippen molar-refractivity contribution in [3.05, 3.63) is 16.0 Å². The highest BCUT2D eigenvalue weighted by molar-refractivity contribution is 9.10. The van der Waals surface area contributed by atoms with Gasteiger partial charge in [0.1, 0.15) is 16.9 Å². The van der Waals surface area contributed by atoms with Crippen molar-refractivity contribution in [2.24, 2.45) is 0 Å². The Morgan fingerprint density at radius 1 is 1.33 bits per heavy atom. The third-order valence-electron chi connectivity index (χ3n) is 2.62. The molecule has 1 aromatic heterocycles. The molecule has 0 aliphatic heterocycles. The molecule has 1 atom stereocenters. The molecular weight excluding hydrogens is 318 g/mol. The Hall–Kier alpha value is -0.690. The van der Waals surface area contributed by atoms with Crippen molar-refractivity contribution >= 4 is 31.6 Å². The number of nitrogens with one attached hydrogen (secondary N) is 1. The molecule has 5 nitrogen and oxygen atoms in total. The van der Waals surface area contributed by atoms with Crippen molar-refractivity contribution in [1.29, 1.82) is 0 Å². The van der Waals surface area contributed by atoms with Crippen molar-refractivity contribution in [1.82, 2.24) is 9.97 Å². The summed E-state index contributed by atoms with van der Waals surface area (Å²) in [5.74, 6) is 0.989. The molecule has 0 saturated carbocycles. The first-order valence-electron chi connectivity index (χ1n) is 5.80. The fraction of sp³-hybridized carbons (Fsp3) is 0.636. The minimum atomic E-state index is -3.19. The zero-order chi connectivity index (χ0) is 13.9. The molecule has 0 bridgehead atoms. The first kappa shape index (κ1) is 15.4. The molecule has 18 heavy (non-hydrogen) atoms. The van der Waals surface area contributed by atoms with E-state index in [0.717, 1.165) is 10.2 Å². The summed E-state index contributed by atoms with van der Waals surface area (Å²) in [5.41, 5.74) is 0.812. The Morgan fingerprint density at radius 2 is 1.94 bits per heavy atom. The number of nitrogens with zero attached hydrogens (tertiary/aromatic N) is 2. The lowest BCUT2D eigenvalue weighted by molar-refractivity contribution is 0.588. The second kappa shape index (κ2) is 5.97. The molecule has 7 heteroatoms. The Labute approximate surface area is 116 Å². The quantitative estimate of drug-likeness (QED) is 0.894. The highest BCUT2D eigenvalue weighted by Gasteiger charge is 2.22. The minimum absolute atomic E-state index is 0.341. The molecule has 1 heterocycles. The maximum absolute atomic E-state index is 11.6. The number of hydrogen-bond acceptors (Lipinski definition) is 5. The van der Waals surface area contributed by atoms with Gasteiger partial charge in [-0.2, -0.15) is 0 Å². The van der Waals surface area contributed by atoms with Crippen LogP contribution in [0.3, 0.4) is 0 Å². The van der Waals surface area contributed by atoms with Gasteiger partial charge >= 0.3 is 0 Å². The first-order valence-corrected chi connectivity index (χ1v) is 8.55. The van der Waals surface area contributed by atoms with Crippen molar-refractivity contribution in [3.63, 3.8) is 0 Å². The SMILES string of the molecule is CCNc1nc(C(C)S(C)(=O)=O)nc(CC)c1Br. The summed E-state index contributed by atoms with van der Waals surface area (Å²) in [7, 11) is -3.19. The van der Waals surface area contributed by atoms with Crippen LogP contribution in [0.4, 0.5) is 5.82 Å². The highest BCUT2D eigenvalue weighted by atomic mass is 79.9. The van der Waals surface area contributed by atoms with Crippen LogP contribution in [0.1, 0.15) is 37.5 Å². The molecule has 0 aromatic carbocycles. The van der Waals surface area contributed by atoms with Gasteiger partial charge < -0.3 is 5.32 Å². The smallest absolute Gasteiger partial charge is 0.157 e. The third-order valence-corrected chi connectivity index (χ3v) is 4.95. The lowest BCUT2D eigenvalue weighted by Gasteiger charge is -2.14. The fourth-order valence-corrected chi connectivity index (χ4v) is 2.49. The summed E-state index contributed by atoms with van der Waals surface area (Å²) in [6.07, 6.45) is 1.91. The lowest BCUT2D eigenvalue weighted by Crippen LogP contribution is -2.15. The largest absolute Gasteiger partial charge is 0.369 e. The van der Waals surface area contributed by atoms with E-state index in [-0.39, 0.29) is 0 Å². The lowest BCUT2D eigenvalue weighted by atomic mass is 10.3. The molecule has 1 unspecified atom stereocenters. The van der Waals surface area contributed by atoms with E-state index in [9.17, 15) is 8.42 Å². The maximum Gasteiger partial charge on any atom is 0.157 e. The van der Waals surface area contributed by atoms with Crippen LogP contribution in [0.15, 0.2) is 4.47 Å². The summed E-state index contributed by atoms with van der Waals surface area (Å²) >= 11 is 3.44. The molecule has 1 N–H and O–H groups in total. The van der Waals surface area contributed by atoms with Gasteiger partial charge in [-0.3, -0.25) is 0 Å². The average molecular weight is 336 g/mol.